The molecule has 1 fully saturated rings. The molecule has 0 bridgehead atoms. The first kappa shape index (κ1) is 17.1. The monoisotopic (exact) mass is 366 g/mol. The van der Waals surface area contributed by atoms with Gasteiger partial charge in [-0.2, -0.15) is 0 Å². The third kappa shape index (κ3) is 4.21. The molecule has 0 aliphatic carbocycles. The summed E-state index contributed by atoms with van der Waals surface area (Å²) in [6.07, 6.45) is 6.22. The highest BCUT2D eigenvalue weighted by Gasteiger charge is 2.24. The number of anilines is 1. The van der Waals surface area contributed by atoms with Crippen LogP contribution in [-0.4, -0.2) is 48.5 Å². The van der Waals surface area contributed by atoms with Crippen molar-refractivity contribution in [2.45, 2.75) is 12.8 Å². The lowest BCUT2D eigenvalue weighted by atomic mass is 9.99. The molecule has 0 atom stereocenters. The van der Waals surface area contributed by atoms with E-state index >= 15 is 0 Å². The second-order valence-corrected chi connectivity index (χ2v) is 8.70. The van der Waals surface area contributed by atoms with Gasteiger partial charge in [0.25, 0.3) is 0 Å². The lowest BCUT2D eigenvalue weighted by Crippen LogP contribution is -2.36. The largest absolute Gasteiger partial charge is 0.341 e. The summed E-state index contributed by atoms with van der Waals surface area (Å²) in [7, 11) is -2.93. The first-order valence-corrected chi connectivity index (χ1v) is 10.2. The summed E-state index contributed by atoms with van der Waals surface area (Å²) in [5.41, 5.74) is 1.32. The fourth-order valence-corrected chi connectivity index (χ4v) is 4.30. The Labute approximate surface area is 146 Å². The van der Waals surface area contributed by atoms with Crippen molar-refractivity contribution in [2.75, 3.05) is 30.0 Å². The van der Waals surface area contributed by atoms with E-state index < -0.39 is 9.84 Å². The van der Waals surface area contributed by atoms with Crippen molar-refractivity contribution in [3.8, 4) is 11.4 Å². The van der Waals surface area contributed by atoms with E-state index in [0.717, 1.165) is 25.9 Å². The second kappa shape index (κ2) is 7.03. The number of piperidine rings is 1. The molecule has 6 nitrogen and oxygen atoms in total. The van der Waals surface area contributed by atoms with Crippen molar-refractivity contribution in [3.05, 3.63) is 35.6 Å². The van der Waals surface area contributed by atoms with Gasteiger partial charge in [-0.15, -0.1) is 0 Å². The number of hydrogen-bond acceptors (Lipinski definition) is 6. The predicted octanol–water partition coefficient (Wildman–Crippen LogP) is 2.45. The van der Waals surface area contributed by atoms with Crippen LogP contribution in [0.3, 0.4) is 0 Å². The standard InChI is InChI=1S/C16H19ClN4O2S/c1-24(22,23)11-12-5-8-21(9-6-12)16-19-10-13(17)15(20-16)14-4-2-3-7-18-14/h2-4,7,10,12H,5-6,8-9,11H2,1H3. The lowest BCUT2D eigenvalue weighted by Gasteiger charge is -2.31. The van der Waals surface area contributed by atoms with Crippen molar-refractivity contribution in [3.63, 3.8) is 0 Å². The van der Waals surface area contributed by atoms with E-state index in [2.05, 4.69) is 19.9 Å². The van der Waals surface area contributed by atoms with Gasteiger partial charge in [0, 0.05) is 25.5 Å². The summed E-state index contributed by atoms with van der Waals surface area (Å²) < 4.78 is 22.9. The number of halogens is 1. The maximum atomic E-state index is 11.4. The minimum absolute atomic E-state index is 0.207. The van der Waals surface area contributed by atoms with Gasteiger partial charge in [0.05, 0.1) is 22.7 Å². The van der Waals surface area contributed by atoms with Crippen molar-refractivity contribution in [1.29, 1.82) is 0 Å². The molecule has 0 unspecified atom stereocenters. The molecule has 128 valence electrons. The van der Waals surface area contributed by atoms with Gasteiger partial charge in [0.2, 0.25) is 5.95 Å². The van der Waals surface area contributed by atoms with Crippen LogP contribution in [0.15, 0.2) is 30.6 Å². The van der Waals surface area contributed by atoms with Gasteiger partial charge in [0.15, 0.2) is 0 Å². The molecule has 3 rings (SSSR count). The first-order chi connectivity index (χ1) is 11.4. The number of pyridine rings is 1. The van der Waals surface area contributed by atoms with Crippen LogP contribution in [0.5, 0.6) is 0 Å². The van der Waals surface area contributed by atoms with E-state index in [1.807, 2.05) is 18.2 Å². The van der Waals surface area contributed by atoms with E-state index in [-0.39, 0.29) is 11.7 Å². The number of sulfone groups is 1. The van der Waals surface area contributed by atoms with Gasteiger partial charge >= 0.3 is 0 Å². The Bertz CT molecular complexity index is 806. The molecule has 0 amide bonds. The van der Waals surface area contributed by atoms with Gasteiger partial charge in [-0.25, -0.2) is 18.4 Å². The molecule has 0 spiro atoms. The Morgan fingerprint density at radius 2 is 2.00 bits per heavy atom. The summed E-state index contributed by atoms with van der Waals surface area (Å²) in [5, 5.41) is 0.462. The molecule has 8 heteroatoms. The van der Waals surface area contributed by atoms with Crippen LogP contribution in [0.4, 0.5) is 5.95 Å². The van der Waals surface area contributed by atoms with Crippen molar-refractivity contribution < 1.29 is 8.42 Å². The van der Waals surface area contributed by atoms with Crippen LogP contribution in [-0.2, 0) is 9.84 Å². The fraction of sp³-hybridized carbons (Fsp3) is 0.438. The molecule has 2 aromatic rings. The van der Waals surface area contributed by atoms with Gasteiger partial charge in [-0.1, -0.05) is 17.7 Å². The van der Waals surface area contributed by atoms with E-state index in [9.17, 15) is 8.42 Å². The highest BCUT2D eigenvalue weighted by molar-refractivity contribution is 7.90. The number of aromatic nitrogens is 3. The normalized spacial score (nSPS) is 16.3. The average Bonchev–Trinajstić information content (AvgIpc) is 2.55. The Morgan fingerprint density at radius 3 is 2.62 bits per heavy atom. The SMILES string of the molecule is CS(=O)(=O)CC1CCN(c2ncc(Cl)c(-c3ccccn3)n2)CC1. The first-order valence-electron chi connectivity index (χ1n) is 7.79. The molecular weight excluding hydrogens is 348 g/mol. The third-order valence-electron chi connectivity index (χ3n) is 4.07. The Morgan fingerprint density at radius 1 is 1.25 bits per heavy atom. The molecule has 1 aliphatic rings. The second-order valence-electron chi connectivity index (χ2n) is 6.10. The number of rotatable bonds is 4. The van der Waals surface area contributed by atoms with Crippen molar-refractivity contribution in [2.24, 2.45) is 5.92 Å². The average molecular weight is 367 g/mol. The van der Waals surface area contributed by atoms with Gasteiger partial charge < -0.3 is 4.90 Å². The van der Waals surface area contributed by atoms with Gasteiger partial charge in [0.1, 0.15) is 15.5 Å². The summed E-state index contributed by atoms with van der Waals surface area (Å²) in [5.74, 6) is 1.07. The summed E-state index contributed by atoms with van der Waals surface area (Å²) in [4.78, 5) is 15.3. The van der Waals surface area contributed by atoms with Crippen LogP contribution in [0.25, 0.3) is 11.4 Å². The zero-order valence-electron chi connectivity index (χ0n) is 13.4. The Kier molecular flexibility index (Phi) is 5.01. The molecule has 24 heavy (non-hydrogen) atoms. The lowest BCUT2D eigenvalue weighted by molar-refractivity contribution is 0.433. The highest BCUT2D eigenvalue weighted by Crippen LogP contribution is 2.27. The van der Waals surface area contributed by atoms with E-state index in [1.54, 1.807) is 12.4 Å². The Hall–Kier alpha value is -1.73. The van der Waals surface area contributed by atoms with Crippen LogP contribution < -0.4 is 4.90 Å². The van der Waals surface area contributed by atoms with Crippen LogP contribution in [0, 0.1) is 5.92 Å². The summed E-state index contributed by atoms with van der Waals surface area (Å²) in [6, 6.07) is 5.58. The fourth-order valence-electron chi connectivity index (χ4n) is 2.92. The summed E-state index contributed by atoms with van der Waals surface area (Å²) >= 11 is 6.22. The third-order valence-corrected chi connectivity index (χ3v) is 5.43. The van der Waals surface area contributed by atoms with E-state index in [0.29, 0.717) is 22.4 Å². The van der Waals surface area contributed by atoms with E-state index in [4.69, 9.17) is 11.6 Å². The number of hydrogen-bond donors (Lipinski definition) is 0. The Balaban J connectivity index is 1.75. The zero-order chi connectivity index (χ0) is 17.2. The van der Waals surface area contributed by atoms with Crippen molar-refractivity contribution >= 4 is 27.4 Å². The summed E-state index contributed by atoms with van der Waals surface area (Å²) in [6.45, 7) is 1.48. The van der Waals surface area contributed by atoms with Crippen LogP contribution in [0.1, 0.15) is 12.8 Å². The molecule has 0 aromatic carbocycles. The maximum absolute atomic E-state index is 11.4. The quantitative estimate of drug-likeness (QED) is 0.827. The smallest absolute Gasteiger partial charge is 0.226 e. The maximum Gasteiger partial charge on any atom is 0.226 e. The zero-order valence-corrected chi connectivity index (χ0v) is 15.0. The van der Waals surface area contributed by atoms with Crippen LogP contribution in [0.2, 0.25) is 5.02 Å². The molecule has 2 aromatic heterocycles. The molecule has 1 aliphatic heterocycles. The van der Waals surface area contributed by atoms with Crippen LogP contribution >= 0.6 is 11.6 Å². The molecular formula is C16H19ClN4O2S. The molecule has 0 saturated carbocycles. The van der Waals surface area contributed by atoms with E-state index in [1.165, 1.54) is 6.26 Å². The number of nitrogens with zero attached hydrogens (tertiary/aromatic N) is 4. The van der Waals surface area contributed by atoms with Gasteiger partial charge in [-0.3, -0.25) is 4.98 Å². The van der Waals surface area contributed by atoms with Gasteiger partial charge in [-0.05, 0) is 30.9 Å². The molecule has 1 saturated heterocycles. The molecule has 0 radical (unpaired) electrons. The van der Waals surface area contributed by atoms with Crippen molar-refractivity contribution in [1.82, 2.24) is 15.0 Å². The predicted molar refractivity (Wildman–Crippen MR) is 94.9 cm³/mol. The molecule has 0 N–H and O–H groups in total. The minimum Gasteiger partial charge on any atom is -0.341 e. The topological polar surface area (TPSA) is 76.1 Å². The molecule has 3 heterocycles. The minimum atomic E-state index is -2.93. The highest BCUT2D eigenvalue weighted by atomic mass is 35.5.